The maximum absolute atomic E-state index is 15.0. The fourth-order valence-corrected chi connectivity index (χ4v) is 23.1. The number of hydrogen-bond donors (Lipinski definition) is 4. The van der Waals surface area contributed by atoms with Gasteiger partial charge in [0.2, 0.25) is 30.1 Å². The van der Waals surface area contributed by atoms with Gasteiger partial charge in [0.15, 0.2) is 0 Å². The third-order valence-electron chi connectivity index (χ3n) is 26.7. The van der Waals surface area contributed by atoms with Crippen LogP contribution in [-0.4, -0.2) is 211 Å². The van der Waals surface area contributed by atoms with Gasteiger partial charge >= 0.3 is 28.7 Å². The Morgan fingerprint density at radius 3 is 0.887 bits per heavy atom. The molecule has 9 heterocycles. The smallest absolute Gasteiger partial charge is 0.416 e. The molecule has 0 bridgehead atoms. The summed E-state index contributed by atoms with van der Waals surface area (Å²) in [7, 11) is -14.0. The number of carbonyl (C=O) groups is 4. The van der Waals surface area contributed by atoms with Gasteiger partial charge < -0.3 is 4.74 Å². The molecule has 0 radical (unpaired) electrons. The van der Waals surface area contributed by atoms with E-state index in [0.717, 1.165) is 97.0 Å². The van der Waals surface area contributed by atoms with Crippen LogP contribution in [0.4, 0.5) is 70.2 Å². The van der Waals surface area contributed by atoms with E-state index < -0.39 is 177 Å². The van der Waals surface area contributed by atoms with E-state index in [2.05, 4.69) is 25.3 Å². The van der Waals surface area contributed by atoms with Crippen LogP contribution in [0.1, 0.15) is 198 Å². The van der Waals surface area contributed by atoms with Crippen molar-refractivity contribution in [2.24, 2.45) is 0 Å². The van der Waals surface area contributed by atoms with Crippen molar-refractivity contribution in [3.05, 3.63) is 248 Å². The average Bonchev–Trinajstić information content (AvgIpc) is 1.62. The van der Waals surface area contributed by atoms with Crippen molar-refractivity contribution >= 4 is 154 Å². The summed E-state index contributed by atoms with van der Waals surface area (Å²) in [4.78, 5) is 57.3. The number of sulfonamides is 3. The van der Waals surface area contributed by atoms with Crippen molar-refractivity contribution in [2.45, 2.75) is 172 Å². The highest BCUT2D eigenvalue weighted by Crippen LogP contribution is 2.43. The second-order valence-corrected chi connectivity index (χ2v) is 46.4. The minimum absolute atomic E-state index is 0.0576. The zero-order chi connectivity index (χ0) is 109. The molecule has 0 atom stereocenters. The molecule has 0 unspecified atom stereocenters. The minimum Gasteiger partial charge on any atom is -0.497 e. The van der Waals surface area contributed by atoms with Gasteiger partial charge in [-0.15, -0.1) is 0 Å². The summed E-state index contributed by atoms with van der Waals surface area (Å²) in [5.74, 6) is -9.65. The quantitative estimate of drug-likeness (QED) is 0.0432. The van der Waals surface area contributed by atoms with Crippen LogP contribution >= 0.6 is 46.4 Å². The number of likely N-dealkylation sites (tertiary alicyclic amines) is 4. The van der Waals surface area contributed by atoms with E-state index in [0.29, 0.717) is 187 Å². The number of methoxy groups -OCH3 is 1. The molecule has 6 aliphatic rings. The van der Waals surface area contributed by atoms with E-state index in [4.69, 9.17) is 51.1 Å². The lowest BCUT2D eigenvalue weighted by Crippen LogP contribution is -2.49. The van der Waals surface area contributed by atoms with Crippen LogP contribution < -0.4 is 23.6 Å². The number of nitrogens with zero attached hydrogens (tertiary/aromatic N) is 13. The third-order valence-corrected chi connectivity index (χ3v) is 32.2. The van der Waals surface area contributed by atoms with Gasteiger partial charge in [0.05, 0.1) is 148 Å². The molecule has 5 saturated heterocycles. The van der Waals surface area contributed by atoms with Gasteiger partial charge in [-0.2, -0.15) is 72.6 Å². The van der Waals surface area contributed by atoms with Crippen molar-refractivity contribution < 1.29 is 128 Å². The summed E-state index contributed by atoms with van der Waals surface area (Å²) >= 11 is 23.3. The number of piperidine rings is 4. The lowest BCUT2D eigenvalue weighted by Gasteiger charge is -2.32. The standard InChI is InChI=1S/C25H25ClF5N5O3S.C25H24ClF5N4O3S.C23H22ClF5N4O3S.C23H26ClFN4O4S/c1-14-18-11-19(24(37)33-40(38,39)35-5-2-6-35)21(27)12-22(18)36(32-14)17-3-7-34(8-4-17)13-15-9-16(25(29,30)31)10-20(26)23(15)28;1-13-18-10-19(24(36)33-39(37,38)17-2-3-17)21(27)11-22(18)35(32-13)16-4-6-34(7-5-16)12-14-8-15(25(29,30)31)9-20(26)23(14)28;1-12-16-9-17(22(34)31-37(2,35)36)19(25)10-20(16)33(30-12)15-3-5-32(6-4-15)11-13-7-14(23(27,28)29)8-18(24)21(13)26;1-14-19-11-20(23(30)27-34(3,31)32)21(25)12-22(19)29(26-14)17-4-6-28(7-5-17)13-15-8-16(24)10-18(9-15)33-2/h9-12,17H,2-8,13H2,1H3,(H,33,37);8-11,16-17H,2-7,12H2,1H3,(H,33,36);7-10,15H,3-6,11H2,1-2H3,(H,31,34);8-12,17H,4-7,13H2,1-3H3,(H,27,30). The van der Waals surface area contributed by atoms with Gasteiger partial charge in [-0.3, -0.25) is 57.5 Å². The number of ether oxygens (including phenoxy) is 1. The van der Waals surface area contributed by atoms with Crippen molar-refractivity contribution in [1.82, 2.24) is 81.9 Å². The molecule has 30 nitrogen and oxygen atoms in total. The first kappa shape index (κ1) is 113. The molecule has 4 amide bonds. The Balaban J connectivity index is 0.000000150. The Bertz CT molecular complexity index is 7780. The van der Waals surface area contributed by atoms with E-state index in [1.807, 2.05) is 40.8 Å². The maximum Gasteiger partial charge on any atom is 0.416 e. The number of rotatable bonds is 23. The number of nitrogens with one attached hydrogen (secondary N) is 4. The summed E-state index contributed by atoms with van der Waals surface area (Å²) in [6.45, 7) is 12.1. The molecular formula is C96H97Cl4F16N17O13S4. The number of aryl methyl sites for hydroxylation is 4. The normalized spacial score (nSPS) is 16.8. The molecule has 5 aliphatic heterocycles. The van der Waals surface area contributed by atoms with Crippen molar-refractivity contribution in [3.8, 4) is 5.75 Å². The summed E-state index contributed by atoms with van der Waals surface area (Å²) < 4.78 is 336. The number of fused-ring (bicyclic) bond motifs is 4. The van der Waals surface area contributed by atoms with Crippen molar-refractivity contribution in [3.63, 3.8) is 0 Å². The van der Waals surface area contributed by atoms with E-state index in [1.165, 1.54) is 30.3 Å². The lowest BCUT2D eigenvalue weighted by atomic mass is 10.0. The zero-order valence-electron chi connectivity index (χ0n) is 80.7. The average molecular weight is 2270 g/mol. The maximum atomic E-state index is 15.0. The van der Waals surface area contributed by atoms with Gasteiger partial charge in [-0.25, -0.2) is 74.9 Å². The number of hydrogen-bond acceptors (Lipinski definition) is 21. The molecule has 1 saturated carbocycles. The van der Waals surface area contributed by atoms with Crippen molar-refractivity contribution in [2.75, 3.05) is 85.1 Å². The fraction of sp³-hybridized carbons (Fsp3) is 0.417. The lowest BCUT2D eigenvalue weighted by molar-refractivity contribution is -0.138. The minimum atomic E-state index is -4.66. The van der Waals surface area contributed by atoms with E-state index in [1.54, 1.807) is 64.5 Å². The zero-order valence-corrected chi connectivity index (χ0v) is 87.0. The van der Waals surface area contributed by atoms with Crippen LogP contribution in [0, 0.1) is 68.4 Å². The number of carbonyl (C=O) groups excluding carboxylic acids is 4. The Morgan fingerprint density at radius 2 is 0.633 bits per heavy atom. The highest BCUT2D eigenvalue weighted by Gasteiger charge is 2.42. The molecule has 54 heteroatoms. The highest BCUT2D eigenvalue weighted by atomic mass is 35.5. The predicted molar refractivity (Wildman–Crippen MR) is 526 cm³/mol. The Kier molecular flexibility index (Phi) is 33.6. The van der Waals surface area contributed by atoms with Crippen LogP contribution in [0.3, 0.4) is 0 Å². The second-order valence-electron chi connectivity index (χ2n) is 37.6. The SMILES string of the molecule is COc1cc(Cl)cc(CN2CCC(n3nc(C)c4cc(C(=O)NS(C)(=O)=O)c(F)cc43)CC2)c1.Cc1nn(C2CCN(Cc3cc(C(F)(F)F)cc(Cl)c3F)CC2)c2cc(F)c(C(=O)NS(=O)(=O)C3CC3)cc12.Cc1nn(C2CCN(Cc3cc(C(F)(F)F)cc(Cl)c3F)CC2)c2cc(F)c(C(=O)NS(=O)(=O)N3CCC3)cc12.Cc1nn(C2CCN(Cc3cc(C(F)(F)F)cc(Cl)c3F)CC2)c2cc(F)c(C(=O)NS(C)(=O)=O)cc12. The highest BCUT2D eigenvalue weighted by molar-refractivity contribution is 7.91. The first-order valence-corrected chi connectivity index (χ1v) is 55.0. The number of benzene rings is 8. The fourth-order valence-electron chi connectivity index (χ4n) is 18.8. The first-order valence-electron chi connectivity index (χ1n) is 46.7. The van der Waals surface area contributed by atoms with Crippen LogP contribution in [0.25, 0.3) is 43.6 Å². The summed E-state index contributed by atoms with van der Waals surface area (Å²) in [5, 5.41) is 18.4. The molecule has 12 aromatic rings. The largest absolute Gasteiger partial charge is 0.497 e. The first-order chi connectivity index (χ1) is 70.2. The van der Waals surface area contributed by atoms with E-state index >= 15 is 4.39 Å². The monoisotopic (exact) mass is 2270 g/mol. The van der Waals surface area contributed by atoms with Gasteiger partial charge in [-0.05, 0) is 183 Å². The molecule has 4 N–H and O–H groups in total. The molecule has 8 aromatic carbocycles. The molecule has 0 spiro atoms. The van der Waals surface area contributed by atoms with Gasteiger partial charge in [0, 0.05) is 159 Å². The van der Waals surface area contributed by atoms with Crippen LogP contribution in [0.5, 0.6) is 5.75 Å². The molecule has 808 valence electrons. The summed E-state index contributed by atoms with van der Waals surface area (Å²) in [6, 6.07) is 19.1. The van der Waals surface area contributed by atoms with Gasteiger partial charge in [-0.1, -0.05) is 46.4 Å². The molecule has 18 rings (SSSR count). The molecule has 4 aromatic heterocycles. The van der Waals surface area contributed by atoms with Crippen LogP contribution in [0.15, 0.2) is 103 Å². The Labute approximate surface area is 869 Å². The number of alkyl halides is 9. The van der Waals surface area contributed by atoms with Crippen LogP contribution in [-0.2, 0) is 85.0 Å². The van der Waals surface area contributed by atoms with E-state index in [-0.39, 0.29) is 79.1 Å². The van der Waals surface area contributed by atoms with E-state index in [9.17, 15) is 119 Å². The number of aromatic nitrogens is 8. The molecule has 1 aliphatic carbocycles. The Hall–Kier alpha value is -11.0. The van der Waals surface area contributed by atoms with Crippen LogP contribution in [0.2, 0.25) is 20.1 Å². The molecule has 6 fully saturated rings. The number of amides is 4. The second kappa shape index (κ2) is 44.6. The summed E-state index contributed by atoms with van der Waals surface area (Å²) in [5.41, 5.74) is 0.0382. The van der Waals surface area contributed by atoms with Gasteiger partial charge in [0.1, 0.15) is 46.5 Å². The molecule has 150 heavy (non-hydrogen) atoms. The topological polar surface area (TPSA) is 350 Å². The summed E-state index contributed by atoms with van der Waals surface area (Å²) in [6.07, 6.45) is -6.06. The Morgan fingerprint density at radius 1 is 0.360 bits per heavy atom. The molecular weight excluding hydrogens is 2170 g/mol. The number of halogens is 20. The van der Waals surface area contributed by atoms with Crippen molar-refractivity contribution in [1.29, 1.82) is 0 Å². The third kappa shape index (κ3) is 26.4. The predicted octanol–water partition coefficient (Wildman–Crippen LogP) is 18.7. The van der Waals surface area contributed by atoms with Gasteiger partial charge in [0.25, 0.3) is 23.6 Å².